The van der Waals surface area contributed by atoms with Gasteiger partial charge < -0.3 is 9.84 Å². The summed E-state index contributed by atoms with van der Waals surface area (Å²) in [5, 5.41) is 20.3. The van der Waals surface area contributed by atoms with Gasteiger partial charge in [0.05, 0.1) is 4.92 Å². The second-order valence-corrected chi connectivity index (χ2v) is 7.61. The summed E-state index contributed by atoms with van der Waals surface area (Å²) in [4.78, 5) is 34.6. The number of ether oxygens (including phenoxy) is 1. The number of carboxylic acids is 1. The number of aliphatic carboxylic acids is 1. The quantitative estimate of drug-likeness (QED) is 0.430. The van der Waals surface area contributed by atoms with Gasteiger partial charge in [-0.25, -0.2) is 4.79 Å². The van der Waals surface area contributed by atoms with Crippen molar-refractivity contribution in [3.05, 3.63) is 73.8 Å². The maximum Gasteiger partial charge on any atom is 0.347 e. The lowest BCUT2D eigenvalue weighted by Crippen LogP contribution is -2.37. The van der Waals surface area contributed by atoms with Gasteiger partial charge in [-0.15, -0.1) is 0 Å². The van der Waals surface area contributed by atoms with E-state index in [1.165, 1.54) is 26.0 Å². The summed E-state index contributed by atoms with van der Waals surface area (Å²) < 4.78 is 5.53. The van der Waals surface area contributed by atoms with Gasteiger partial charge in [-0.1, -0.05) is 17.7 Å². The zero-order chi connectivity index (χ0) is 21.3. The average molecular weight is 416 g/mol. The molecule has 0 saturated carbocycles. The van der Waals surface area contributed by atoms with E-state index in [1.54, 1.807) is 30.3 Å². The molecule has 0 atom stereocenters. The molecule has 1 aliphatic rings. The van der Waals surface area contributed by atoms with E-state index in [9.17, 15) is 24.8 Å². The zero-order valence-corrected chi connectivity index (χ0v) is 16.5. The van der Waals surface area contributed by atoms with Crippen molar-refractivity contribution < 1.29 is 24.4 Å². The lowest BCUT2D eigenvalue weighted by molar-refractivity contribution is -0.384. The molecule has 8 heteroatoms. The smallest absolute Gasteiger partial charge is 0.347 e. The number of fused-ring (bicyclic) bond motifs is 1. The number of halogens is 1. The van der Waals surface area contributed by atoms with E-state index in [1.807, 2.05) is 0 Å². The molecule has 150 valence electrons. The van der Waals surface area contributed by atoms with Crippen LogP contribution in [-0.4, -0.2) is 27.4 Å². The lowest BCUT2D eigenvalue weighted by Gasteiger charge is -2.23. The van der Waals surface area contributed by atoms with E-state index >= 15 is 0 Å². The first-order valence-corrected chi connectivity index (χ1v) is 9.21. The van der Waals surface area contributed by atoms with Crippen molar-refractivity contribution in [1.29, 1.82) is 0 Å². The van der Waals surface area contributed by atoms with Crippen molar-refractivity contribution in [3.8, 4) is 5.75 Å². The SMILES string of the molecule is CC(C)(Oc1ccc2c(c1)CC/C(=C\c1ccc(Cl)c([N+](=O)[O-])c1)C2=O)C(=O)O. The number of carbonyl (C=O) groups is 2. The standard InChI is InChI=1S/C21H18ClNO6/c1-21(2,20(25)26)29-15-6-7-16-13(11-15)4-5-14(19(16)24)9-12-3-8-17(22)18(10-12)23(27)28/h3,6-11H,4-5H2,1-2H3,(H,25,26)/b14-9+. The number of rotatable bonds is 5. The predicted octanol–water partition coefficient (Wildman–Crippen LogP) is 4.70. The molecule has 2 aromatic carbocycles. The van der Waals surface area contributed by atoms with E-state index in [4.69, 9.17) is 16.3 Å². The van der Waals surface area contributed by atoms with Gasteiger partial charge >= 0.3 is 5.97 Å². The van der Waals surface area contributed by atoms with Gasteiger partial charge in [0.25, 0.3) is 5.69 Å². The Balaban J connectivity index is 1.88. The Kier molecular flexibility index (Phi) is 5.44. The fourth-order valence-electron chi connectivity index (χ4n) is 3.05. The monoisotopic (exact) mass is 415 g/mol. The molecule has 0 aliphatic heterocycles. The lowest BCUT2D eigenvalue weighted by atomic mass is 9.86. The van der Waals surface area contributed by atoms with Crippen molar-refractivity contribution in [1.82, 2.24) is 0 Å². The number of carbonyl (C=O) groups excluding carboxylic acids is 1. The Labute approximate surface area is 171 Å². The van der Waals surface area contributed by atoms with Crippen LogP contribution in [0.5, 0.6) is 5.75 Å². The molecule has 2 aromatic rings. The normalized spacial score (nSPS) is 15.1. The van der Waals surface area contributed by atoms with E-state index in [2.05, 4.69) is 0 Å². The van der Waals surface area contributed by atoms with Crippen LogP contribution in [0.4, 0.5) is 5.69 Å². The predicted molar refractivity (Wildman–Crippen MR) is 108 cm³/mol. The highest BCUT2D eigenvalue weighted by atomic mass is 35.5. The summed E-state index contributed by atoms with van der Waals surface area (Å²) in [5.41, 5.74) is 0.734. The number of allylic oxidation sites excluding steroid dienone is 1. The summed E-state index contributed by atoms with van der Waals surface area (Å²) >= 11 is 5.83. The highest BCUT2D eigenvalue weighted by Crippen LogP contribution is 2.32. The molecule has 0 radical (unpaired) electrons. The number of carboxylic acid groups (broad SMARTS) is 1. The maximum atomic E-state index is 12.8. The summed E-state index contributed by atoms with van der Waals surface area (Å²) in [5.74, 6) is -0.883. The molecule has 0 spiro atoms. The van der Waals surface area contributed by atoms with Crippen LogP contribution in [0.1, 0.15) is 41.8 Å². The highest BCUT2D eigenvalue weighted by Gasteiger charge is 2.30. The third-order valence-corrected chi connectivity index (χ3v) is 4.99. The number of nitro benzene ring substituents is 1. The Morgan fingerprint density at radius 3 is 2.62 bits per heavy atom. The van der Waals surface area contributed by atoms with Crippen molar-refractivity contribution in [2.24, 2.45) is 0 Å². The minimum absolute atomic E-state index is 0.0364. The summed E-state index contributed by atoms with van der Waals surface area (Å²) in [6, 6.07) is 9.25. The molecule has 29 heavy (non-hydrogen) atoms. The fourth-order valence-corrected chi connectivity index (χ4v) is 3.24. The molecule has 0 amide bonds. The third-order valence-electron chi connectivity index (χ3n) is 4.67. The van der Waals surface area contributed by atoms with Crippen molar-refractivity contribution in [2.45, 2.75) is 32.3 Å². The first-order chi connectivity index (χ1) is 13.6. The van der Waals surface area contributed by atoms with Crippen LogP contribution in [0.25, 0.3) is 6.08 Å². The van der Waals surface area contributed by atoms with Crippen LogP contribution in [0, 0.1) is 10.1 Å². The largest absolute Gasteiger partial charge is 0.478 e. The summed E-state index contributed by atoms with van der Waals surface area (Å²) in [6.45, 7) is 2.90. The number of benzene rings is 2. The van der Waals surface area contributed by atoms with Crippen LogP contribution in [0.2, 0.25) is 5.02 Å². The van der Waals surface area contributed by atoms with Crippen molar-refractivity contribution >= 4 is 35.1 Å². The van der Waals surface area contributed by atoms with Crippen molar-refractivity contribution in [2.75, 3.05) is 0 Å². The number of nitro groups is 1. The molecular weight excluding hydrogens is 398 g/mol. The van der Waals surface area contributed by atoms with E-state index in [0.717, 1.165) is 5.56 Å². The Hall–Kier alpha value is -3.19. The second kappa shape index (κ2) is 7.67. The fraction of sp³-hybridized carbons (Fsp3) is 0.238. The molecule has 1 N–H and O–H groups in total. The van der Waals surface area contributed by atoms with Gasteiger partial charge in [0.15, 0.2) is 11.4 Å². The van der Waals surface area contributed by atoms with Gasteiger partial charge in [-0.05, 0) is 68.2 Å². The number of hydrogen-bond donors (Lipinski definition) is 1. The molecular formula is C21H18ClNO6. The van der Waals surface area contributed by atoms with Gasteiger partial charge in [-0.3, -0.25) is 14.9 Å². The molecule has 0 bridgehead atoms. The third kappa shape index (κ3) is 4.30. The molecule has 3 rings (SSSR count). The second-order valence-electron chi connectivity index (χ2n) is 7.20. The van der Waals surface area contributed by atoms with Gasteiger partial charge in [0.2, 0.25) is 0 Å². The van der Waals surface area contributed by atoms with Crippen LogP contribution in [0.3, 0.4) is 0 Å². The van der Waals surface area contributed by atoms with Crippen LogP contribution in [0.15, 0.2) is 42.0 Å². The zero-order valence-electron chi connectivity index (χ0n) is 15.8. The van der Waals surface area contributed by atoms with E-state index in [0.29, 0.717) is 35.3 Å². The number of nitrogens with zero attached hydrogens (tertiary/aromatic N) is 1. The van der Waals surface area contributed by atoms with Crippen molar-refractivity contribution in [3.63, 3.8) is 0 Å². The molecule has 0 saturated heterocycles. The number of aryl methyl sites for hydroxylation is 1. The Bertz CT molecular complexity index is 1060. The molecule has 0 heterocycles. The minimum Gasteiger partial charge on any atom is -0.478 e. The maximum absolute atomic E-state index is 12.8. The molecule has 0 unspecified atom stereocenters. The summed E-state index contributed by atoms with van der Waals surface area (Å²) in [7, 11) is 0. The summed E-state index contributed by atoms with van der Waals surface area (Å²) in [6.07, 6.45) is 2.65. The topological polar surface area (TPSA) is 107 Å². The minimum atomic E-state index is -1.39. The highest BCUT2D eigenvalue weighted by molar-refractivity contribution is 6.32. The van der Waals surface area contributed by atoms with Gasteiger partial charge in [0, 0.05) is 17.2 Å². The first-order valence-electron chi connectivity index (χ1n) is 8.83. The number of Topliss-reactive ketones (excluding diaryl/α,β-unsaturated/α-hetero) is 1. The average Bonchev–Trinajstić information content (AvgIpc) is 2.64. The molecule has 0 fully saturated rings. The van der Waals surface area contributed by atoms with E-state index in [-0.39, 0.29) is 16.5 Å². The molecule has 7 nitrogen and oxygen atoms in total. The van der Waals surface area contributed by atoms with Crippen LogP contribution >= 0.6 is 11.6 Å². The van der Waals surface area contributed by atoms with E-state index < -0.39 is 16.5 Å². The van der Waals surface area contributed by atoms with Crippen LogP contribution < -0.4 is 4.74 Å². The Morgan fingerprint density at radius 1 is 1.24 bits per heavy atom. The molecule has 0 aromatic heterocycles. The first kappa shape index (κ1) is 20.5. The molecule has 1 aliphatic carbocycles. The van der Waals surface area contributed by atoms with Crippen LogP contribution in [-0.2, 0) is 11.2 Å². The van der Waals surface area contributed by atoms with Gasteiger partial charge in [0.1, 0.15) is 10.8 Å². The number of ketones is 1. The van der Waals surface area contributed by atoms with Gasteiger partial charge in [-0.2, -0.15) is 0 Å². The Morgan fingerprint density at radius 2 is 1.97 bits per heavy atom. The number of hydrogen-bond acceptors (Lipinski definition) is 5.